The summed E-state index contributed by atoms with van der Waals surface area (Å²) in [6.45, 7) is 5.98. The largest absolute Gasteiger partial charge is 0.341 e. The van der Waals surface area contributed by atoms with Crippen LogP contribution in [0, 0.1) is 5.41 Å². The zero-order valence-electron chi connectivity index (χ0n) is 11.8. The summed E-state index contributed by atoms with van der Waals surface area (Å²) >= 11 is 0. The van der Waals surface area contributed by atoms with Gasteiger partial charge in [-0.1, -0.05) is 44.2 Å². The lowest BCUT2D eigenvalue weighted by atomic mass is 9.78. The third-order valence-electron chi connectivity index (χ3n) is 4.16. The van der Waals surface area contributed by atoms with E-state index in [9.17, 15) is 4.79 Å². The number of hydrogen-bond acceptors (Lipinski definition) is 2. The molecule has 0 radical (unpaired) electrons. The molecule has 0 saturated carbocycles. The van der Waals surface area contributed by atoms with Gasteiger partial charge in [-0.25, -0.2) is 4.98 Å². The minimum atomic E-state index is 0.0361. The van der Waals surface area contributed by atoms with Crippen LogP contribution in [0.25, 0.3) is 0 Å². The van der Waals surface area contributed by atoms with Crippen molar-refractivity contribution in [2.24, 2.45) is 5.41 Å². The molecule has 1 atom stereocenters. The Morgan fingerprint density at radius 2 is 2.10 bits per heavy atom. The third-order valence-corrected chi connectivity index (χ3v) is 4.16. The second-order valence-electron chi connectivity index (χ2n) is 6.10. The van der Waals surface area contributed by atoms with Crippen LogP contribution in [-0.4, -0.2) is 33.9 Å². The zero-order valence-corrected chi connectivity index (χ0v) is 11.8. The predicted octanol–water partition coefficient (Wildman–Crippen LogP) is 2.68. The van der Waals surface area contributed by atoms with Crippen LogP contribution in [0.3, 0.4) is 0 Å². The summed E-state index contributed by atoms with van der Waals surface area (Å²) in [6, 6.07) is 10.4. The molecule has 2 aromatic rings. The summed E-state index contributed by atoms with van der Waals surface area (Å²) in [6.07, 6.45) is 3.13. The number of likely N-dealkylation sites (tertiary alicyclic amines) is 1. The summed E-state index contributed by atoms with van der Waals surface area (Å²) in [5, 5.41) is 0. The number of H-pyrrole nitrogens is 1. The van der Waals surface area contributed by atoms with Crippen molar-refractivity contribution in [2.75, 3.05) is 13.1 Å². The van der Waals surface area contributed by atoms with Gasteiger partial charge in [-0.15, -0.1) is 0 Å². The van der Waals surface area contributed by atoms with Gasteiger partial charge in [-0.3, -0.25) is 4.79 Å². The Balaban J connectivity index is 1.84. The highest BCUT2D eigenvalue weighted by atomic mass is 16.2. The SMILES string of the molecule is CC1(C)CN(C(=O)c2cnc[nH]2)CC1c1ccccc1. The molecule has 1 fully saturated rings. The van der Waals surface area contributed by atoms with E-state index in [-0.39, 0.29) is 11.3 Å². The van der Waals surface area contributed by atoms with Crippen molar-refractivity contribution in [3.05, 3.63) is 54.1 Å². The number of nitrogens with zero attached hydrogens (tertiary/aromatic N) is 2. The molecule has 1 aromatic heterocycles. The topological polar surface area (TPSA) is 49.0 Å². The Bertz CT molecular complexity index is 589. The molecular weight excluding hydrogens is 250 g/mol. The van der Waals surface area contributed by atoms with E-state index in [1.807, 2.05) is 11.0 Å². The van der Waals surface area contributed by atoms with Gasteiger partial charge in [0.25, 0.3) is 5.91 Å². The molecule has 0 bridgehead atoms. The minimum absolute atomic E-state index is 0.0361. The average Bonchev–Trinajstić information content (AvgIpc) is 3.06. The number of aromatic nitrogens is 2. The number of nitrogens with one attached hydrogen (secondary N) is 1. The van der Waals surface area contributed by atoms with Crippen LogP contribution in [0.4, 0.5) is 0 Å². The van der Waals surface area contributed by atoms with Crippen LogP contribution in [0.1, 0.15) is 35.8 Å². The number of carbonyl (C=O) groups excluding carboxylic acids is 1. The van der Waals surface area contributed by atoms with E-state index in [2.05, 4.69) is 48.1 Å². The van der Waals surface area contributed by atoms with E-state index in [4.69, 9.17) is 0 Å². The first-order valence-electron chi connectivity index (χ1n) is 6.90. The molecule has 20 heavy (non-hydrogen) atoms. The van der Waals surface area contributed by atoms with Crippen LogP contribution < -0.4 is 0 Å². The van der Waals surface area contributed by atoms with Crippen LogP contribution in [0.15, 0.2) is 42.9 Å². The Morgan fingerprint density at radius 1 is 1.35 bits per heavy atom. The molecule has 2 heterocycles. The van der Waals surface area contributed by atoms with Gasteiger partial charge in [0.05, 0.1) is 12.5 Å². The van der Waals surface area contributed by atoms with Gasteiger partial charge in [0.1, 0.15) is 5.69 Å². The molecule has 1 aromatic carbocycles. The molecule has 3 rings (SSSR count). The molecule has 1 saturated heterocycles. The van der Waals surface area contributed by atoms with E-state index in [1.165, 1.54) is 5.56 Å². The van der Waals surface area contributed by atoms with Crippen molar-refractivity contribution in [1.29, 1.82) is 0 Å². The second kappa shape index (κ2) is 4.78. The Kier molecular flexibility index (Phi) is 3.08. The van der Waals surface area contributed by atoms with Gasteiger partial charge in [0, 0.05) is 19.0 Å². The number of hydrogen-bond donors (Lipinski definition) is 1. The van der Waals surface area contributed by atoms with Crippen molar-refractivity contribution in [3.63, 3.8) is 0 Å². The van der Waals surface area contributed by atoms with Crippen LogP contribution in [0.2, 0.25) is 0 Å². The summed E-state index contributed by atoms with van der Waals surface area (Å²) in [5.74, 6) is 0.407. The van der Waals surface area contributed by atoms with Crippen molar-refractivity contribution >= 4 is 5.91 Å². The number of rotatable bonds is 2. The fourth-order valence-corrected chi connectivity index (χ4v) is 3.07. The van der Waals surface area contributed by atoms with E-state index in [0.717, 1.165) is 13.1 Å². The summed E-state index contributed by atoms with van der Waals surface area (Å²) in [7, 11) is 0. The summed E-state index contributed by atoms with van der Waals surface area (Å²) in [5.41, 5.74) is 1.95. The molecule has 1 aliphatic heterocycles. The maximum absolute atomic E-state index is 12.4. The van der Waals surface area contributed by atoms with Gasteiger partial charge in [-0.05, 0) is 11.0 Å². The highest BCUT2D eigenvalue weighted by Crippen LogP contribution is 2.42. The van der Waals surface area contributed by atoms with Gasteiger partial charge in [-0.2, -0.15) is 0 Å². The number of imidazole rings is 1. The van der Waals surface area contributed by atoms with E-state index < -0.39 is 0 Å². The molecule has 1 aliphatic rings. The van der Waals surface area contributed by atoms with Gasteiger partial charge >= 0.3 is 0 Å². The molecule has 4 heteroatoms. The maximum atomic E-state index is 12.4. The first-order chi connectivity index (χ1) is 9.58. The fraction of sp³-hybridized carbons (Fsp3) is 0.375. The number of amides is 1. The lowest BCUT2D eigenvalue weighted by Crippen LogP contribution is -2.30. The van der Waals surface area contributed by atoms with Crippen LogP contribution >= 0.6 is 0 Å². The minimum Gasteiger partial charge on any atom is -0.341 e. The number of benzene rings is 1. The lowest BCUT2D eigenvalue weighted by Gasteiger charge is -2.25. The average molecular weight is 269 g/mol. The van der Waals surface area contributed by atoms with E-state index in [0.29, 0.717) is 11.6 Å². The summed E-state index contributed by atoms with van der Waals surface area (Å²) in [4.78, 5) is 21.2. The number of aromatic amines is 1. The van der Waals surface area contributed by atoms with Crippen LogP contribution in [-0.2, 0) is 0 Å². The zero-order chi connectivity index (χ0) is 14.2. The van der Waals surface area contributed by atoms with Gasteiger partial charge < -0.3 is 9.88 Å². The Hall–Kier alpha value is -2.10. The molecule has 104 valence electrons. The molecule has 4 nitrogen and oxygen atoms in total. The molecule has 0 spiro atoms. The molecular formula is C16H19N3O. The predicted molar refractivity (Wildman–Crippen MR) is 77.5 cm³/mol. The Labute approximate surface area is 118 Å². The first kappa shape index (κ1) is 12.9. The monoisotopic (exact) mass is 269 g/mol. The van der Waals surface area contributed by atoms with Crippen molar-refractivity contribution in [2.45, 2.75) is 19.8 Å². The highest BCUT2D eigenvalue weighted by Gasteiger charge is 2.42. The van der Waals surface area contributed by atoms with Gasteiger partial charge in [0.15, 0.2) is 0 Å². The molecule has 1 N–H and O–H groups in total. The maximum Gasteiger partial charge on any atom is 0.271 e. The molecule has 1 amide bonds. The summed E-state index contributed by atoms with van der Waals surface area (Å²) < 4.78 is 0. The smallest absolute Gasteiger partial charge is 0.271 e. The van der Waals surface area contributed by atoms with Crippen molar-refractivity contribution in [1.82, 2.24) is 14.9 Å². The molecule has 0 aliphatic carbocycles. The second-order valence-corrected chi connectivity index (χ2v) is 6.10. The van der Waals surface area contributed by atoms with Gasteiger partial charge in [0.2, 0.25) is 0 Å². The number of carbonyl (C=O) groups is 1. The van der Waals surface area contributed by atoms with Crippen LogP contribution in [0.5, 0.6) is 0 Å². The van der Waals surface area contributed by atoms with E-state index in [1.54, 1.807) is 12.5 Å². The quantitative estimate of drug-likeness (QED) is 0.911. The van der Waals surface area contributed by atoms with E-state index >= 15 is 0 Å². The lowest BCUT2D eigenvalue weighted by molar-refractivity contribution is 0.0773. The van der Waals surface area contributed by atoms with Crippen molar-refractivity contribution < 1.29 is 4.79 Å². The molecule has 1 unspecified atom stereocenters. The Morgan fingerprint density at radius 3 is 2.75 bits per heavy atom. The highest BCUT2D eigenvalue weighted by molar-refractivity contribution is 5.92. The standard InChI is InChI=1S/C16H19N3O/c1-16(2)10-19(15(20)14-8-17-11-18-14)9-13(16)12-6-4-3-5-7-12/h3-8,11,13H,9-10H2,1-2H3,(H,17,18). The van der Waals surface area contributed by atoms with Crippen molar-refractivity contribution in [3.8, 4) is 0 Å². The third kappa shape index (κ3) is 2.22. The first-order valence-corrected chi connectivity index (χ1v) is 6.90. The normalized spacial score (nSPS) is 21.1. The fourth-order valence-electron chi connectivity index (χ4n) is 3.07.